The summed E-state index contributed by atoms with van der Waals surface area (Å²) in [6.07, 6.45) is 1.67. The molecule has 1 aliphatic rings. The molecule has 0 spiro atoms. The second-order valence-electron chi connectivity index (χ2n) is 4.29. The second kappa shape index (κ2) is 5.62. The van der Waals surface area contributed by atoms with E-state index in [4.69, 9.17) is 10.8 Å². The summed E-state index contributed by atoms with van der Waals surface area (Å²) in [6, 6.07) is -1.60. The number of primary amides is 1. The number of aliphatic carboxylic acids is 1. The molecular formula is C10H17N3O4. The number of urea groups is 1. The summed E-state index contributed by atoms with van der Waals surface area (Å²) in [7, 11) is 0. The Morgan fingerprint density at radius 3 is 2.65 bits per heavy atom. The Hall–Kier alpha value is -1.63. The largest absolute Gasteiger partial charge is 0.480 e. The van der Waals surface area contributed by atoms with Gasteiger partial charge in [0.15, 0.2) is 0 Å². The molecule has 2 atom stereocenters. The third-order valence-corrected chi connectivity index (χ3v) is 2.90. The lowest BCUT2D eigenvalue weighted by molar-refractivity contribution is -0.147. The smallest absolute Gasteiger partial charge is 0.321 e. The highest BCUT2D eigenvalue weighted by atomic mass is 16.4. The van der Waals surface area contributed by atoms with Gasteiger partial charge >= 0.3 is 12.0 Å². The lowest BCUT2D eigenvalue weighted by Crippen LogP contribution is -2.53. The molecular weight excluding hydrogens is 226 g/mol. The average molecular weight is 243 g/mol. The highest BCUT2D eigenvalue weighted by molar-refractivity contribution is 5.94. The van der Waals surface area contributed by atoms with Crippen LogP contribution in [-0.4, -0.2) is 47.0 Å². The Balaban J connectivity index is 2.63. The van der Waals surface area contributed by atoms with E-state index >= 15 is 0 Å². The number of nitrogens with zero attached hydrogens (tertiary/aromatic N) is 1. The van der Waals surface area contributed by atoms with E-state index in [2.05, 4.69) is 0 Å². The third kappa shape index (κ3) is 3.70. The van der Waals surface area contributed by atoms with Crippen molar-refractivity contribution in [2.75, 3.05) is 13.1 Å². The number of hydrogen-bond donors (Lipinski definition) is 3. The van der Waals surface area contributed by atoms with Gasteiger partial charge < -0.3 is 10.8 Å². The van der Waals surface area contributed by atoms with Crippen LogP contribution in [-0.2, 0) is 9.59 Å². The standard InChI is InChI=1S/C10H17N3O4/c1-6-3-2-4-13(8(6)9(15)16)5-7(14)12-10(11)17/h6,8H,2-5H2,1H3,(H,15,16)(H3,11,12,14,17). The molecule has 0 bridgehead atoms. The number of amides is 3. The molecule has 96 valence electrons. The summed E-state index contributed by atoms with van der Waals surface area (Å²) in [5, 5.41) is 11.0. The van der Waals surface area contributed by atoms with E-state index in [0.29, 0.717) is 6.54 Å². The van der Waals surface area contributed by atoms with Gasteiger partial charge in [-0.25, -0.2) is 4.79 Å². The number of carbonyl (C=O) groups is 3. The minimum Gasteiger partial charge on any atom is -0.480 e. The molecule has 0 aromatic rings. The van der Waals surface area contributed by atoms with E-state index in [1.165, 1.54) is 0 Å². The monoisotopic (exact) mass is 243 g/mol. The van der Waals surface area contributed by atoms with Gasteiger partial charge in [-0.15, -0.1) is 0 Å². The number of nitrogens with one attached hydrogen (secondary N) is 1. The van der Waals surface area contributed by atoms with Crippen LogP contribution in [0.2, 0.25) is 0 Å². The number of hydrogen-bond acceptors (Lipinski definition) is 4. The molecule has 3 amide bonds. The van der Waals surface area contributed by atoms with Gasteiger partial charge in [0, 0.05) is 0 Å². The van der Waals surface area contributed by atoms with Gasteiger partial charge in [0.25, 0.3) is 0 Å². The summed E-state index contributed by atoms with van der Waals surface area (Å²) >= 11 is 0. The topological polar surface area (TPSA) is 113 Å². The second-order valence-corrected chi connectivity index (χ2v) is 4.29. The number of carboxylic acid groups (broad SMARTS) is 1. The van der Waals surface area contributed by atoms with Gasteiger partial charge in [0.1, 0.15) is 6.04 Å². The van der Waals surface area contributed by atoms with E-state index in [9.17, 15) is 14.4 Å². The first-order valence-electron chi connectivity index (χ1n) is 5.48. The van der Waals surface area contributed by atoms with Crippen LogP contribution in [0.3, 0.4) is 0 Å². The molecule has 7 heteroatoms. The summed E-state index contributed by atoms with van der Waals surface area (Å²) < 4.78 is 0. The van der Waals surface area contributed by atoms with Crippen LogP contribution in [0.15, 0.2) is 0 Å². The first kappa shape index (κ1) is 13.4. The molecule has 1 rings (SSSR count). The maximum atomic E-state index is 11.3. The summed E-state index contributed by atoms with van der Waals surface area (Å²) in [5.41, 5.74) is 4.81. The molecule has 17 heavy (non-hydrogen) atoms. The van der Waals surface area contributed by atoms with Crippen molar-refractivity contribution in [2.45, 2.75) is 25.8 Å². The van der Waals surface area contributed by atoms with Crippen LogP contribution in [0, 0.1) is 5.92 Å². The molecule has 1 fully saturated rings. The quantitative estimate of drug-likeness (QED) is 0.610. The summed E-state index contributed by atoms with van der Waals surface area (Å²) in [4.78, 5) is 34.5. The first-order valence-corrected chi connectivity index (χ1v) is 5.48. The molecule has 0 aromatic carbocycles. The number of imide groups is 1. The molecule has 7 nitrogen and oxygen atoms in total. The summed E-state index contributed by atoms with van der Waals surface area (Å²) in [5.74, 6) is -1.52. The number of piperidine rings is 1. The van der Waals surface area contributed by atoms with Gasteiger partial charge in [-0.2, -0.15) is 0 Å². The zero-order chi connectivity index (χ0) is 13.0. The van der Waals surface area contributed by atoms with E-state index < -0.39 is 23.9 Å². The minimum atomic E-state index is -0.941. The molecule has 0 aliphatic carbocycles. The van der Waals surface area contributed by atoms with Crippen molar-refractivity contribution in [3.05, 3.63) is 0 Å². The maximum absolute atomic E-state index is 11.3. The van der Waals surface area contributed by atoms with E-state index in [0.717, 1.165) is 12.8 Å². The van der Waals surface area contributed by atoms with Crippen molar-refractivity contribution in [3.8, 4) is 0 Å². The average Bonchev–Trinajstić information content (AvgIpc) is 2.15. The molecule has 1 heterocycles. The van der Waals surface area contributed by atoms with Crippen molar-refractivity contribution >= 4 is 17.9 Å². The Morgan fingerprint density at radius 1 is 1.47 bits per heavy atom. The molecule has 1 aliphatic heterocycles. The molecule has 0 radical (unpaired) electrons. The van der Waals surface area contributed by atoms with Gasteiger partial charge in [0.2, 0.25) is 5.91 Å². The minimum absolute atomic E-state index is 0.0115. The Bertz CT molecular complexity index is 332. The predicted octanol–water partition coefficient (Wildman–Crippen LogP) is -0.634. The highest BCUT2D eigenvalue weighted by Crippen LogP contribution is 2.23. The van der Waals surface area contributed by atoms with Gasteiger partial charge in [-0.05, 0) is 25.3 Å². The van der Waals surface area contributed by atoms with Crippen LogP contribution in [0.1, 0.15) is 19.8 Å². The lowest BCUT2D eigenvalue weighted by atomic mass is 9.91. The first-order chi connectivity index (χ1) is 7.91. The van der Waals surface area contributed by atoms with Crippen LogP contribution in [0.4, 0.5) is 4.79 Å². The van der Waals surface area contributed by atoms with E-state index in [1.807, 2.05) is 12.2 Å². The maximum Gasteiger partial charge on any atom is 0.321 e. The van der Waals surface area contributed by atoms with Crippen LogP contribution < -0.4 is 11.1 Å². The van der Waals surface area contributed by atoms with Crippen LogP contribution in [0.25, 0.3) is 0 Å². The molecule has 4 N–H and O–H groups in total. The summed E-state index contributed by atoms with van der Waals surface area (Å²) in [6.45, 7) is 2.26. The molecule has 2 unspecified atom stereocenters. The third-order valence-electron chi connectivity index (χ3n) is 2.90. The fraction of sp³-hybridized carbons (Fsp3) is 0.700. The molecule has 0 aromatic heterocycles. The van der Waals surface area contributed by atoms with Crippen LogP contribution >= 0.6 is 0 Å². The Morgan fingerprint density at radius 2 is 2.12 bits per heavy atom. The fourth-order valence-corrected chi connectivity index (χ4v) is 2.21. The number of carbonyl (C=O) groups excluding carboxylic acids is 2. The van der Waals surface area contributed by atoms with Gasteiger partial charge in [-0.3, -0.25) is 19.8 Å². The Labute approximate surface area is 98.9 Å². The zero-order valence-corrected chi connectivity index (χ0v) is 9.68. The van der Waals surface area contributed by atoms with Crippen LogP contribution in [0.5, 0.6) is 0 Å². The van der Waals surface area contributed by atoms with E-state index in [-0.39, 0.29) is 12.5 Å². The number of nitrogens with two attached hydrogens (primary N) is 1. The predicted molar refractivity (Wildman–Crippen MR) is 59.1 cm³/mol. The van der Waals surface area contributed by atoms with Crippen molar-refractivity contribution in [1.29, 1.82) is 0 Å². The number of likely N-dealkylation sites (tertiary alicyclic amines) is 1. The highest BCUT2D eigenvalue weighted by Gasteiger charge is 2.35. The number of rotatable bonds is 3. The SMILES string of the molecule is CC1CCCN(CC(=O)NC(N)=O)C1C(=O)O. The van der Waals surface area contributed by atoms with Crippen molar-refractivity contribution in [3.63, 3.8) is 0 Å². The number of carboxylic acids is 1. The van der Waals surface area contributed by atoms with E-state index in [1.54, 1.807) is 4.90 Å². The van der Waals surface area contributed by atoms with Crippen molar-refractivity contribution in [2.24, 2.45) is 11.7 Å². The van der Waals surface area contributed by atoms with Gasteiger partial charge in [0.05, 0.1) is 6.54 Å². The van der Waals surface area contributed by atoms with Crippen molar-refractivity contribution < 1.29 is 19.5 Å². The lowest BCUT2D eigenvalue weighted by Gasteiger charge is -2.36. The molecule has 0 saturated carbocycles. The Kier molecular flexibility index (Phi) is 4.45. The van der Waals surface area contributed by atoms with Crippen molar-refractivity contribution in [1.82, 2.24) is 10.2 Å². The molecule has 1 saturated heterocycles. The zero-order valence-electron chi connectivity index (χ0n) is 9.68. The normalized spacial score (nSPS) is 25.2. The fourth-order valence-electron chi connectivity index (χ4n) is 2.21. The van der Waals surface area contributed by atoms with Gasteiger partial charge in [-0.1, -0.05) is 6.92 Å².